The van der Waals surface area contributed by atoms with Crippen LogP contribution < -0.4 is 0 Å². The van der Waals surface area contributed by atoms with Crippen LogP contribution in [-0.2, 0) is 6.42 Å². The summed E-state index contributed by atoms with van der Waals surface area (Å²) in [6.45, 7) is 0. The first-order valence-electron chi connectivity index (χ1n) is 11.0. The molecule has 1 heterocycles. The van der Waals surface area contributed by atoms with E-state index in [-0.39, 0.29) is 11.5 Å². The maximum atomic E-state index is 11.1. The molecule has 0 fully saturated rings. The number of hydrogen-bond acceptors (Lipinski definition) is 4. The van der Waals surface area contributed by atoms with Gasteiger partial charge in [-0.3, -0.25) is 0 Å². The van der Waals surface area contributed by atoms with Crippen LogP contribution in [0.5, 0.6) is 0 Å². The molecule has 0 aliphatic heterocycles. The van der Waals surface area contributed by atoms with E-state index in [1.165, 1.54) is 6.21 Å². The van der Waals surface area contributed by atoms with Gasteiger partial charge in [-0.2, -0.15) is 0 Å². The van der Waals surface area contributed by atoms with Crippen molar-refractivity contribution < 1.29 is 15.1 Å². The molecule has 0 spiro atoms. The minimum absolute atomic E-state index is 0.0505. The summed E-state index contributed by atoms with van der Waals surface area (Å²) in [7, 11) is 0. The zero-order valence-corrected chi connectivity index (χ0v) is 20.1. The minimum atomic E-state index is -0.940. The van der Waals surface area contributed by atoms with Crippen molar-refractivity contribution in [3.8, 4) is 11.1 Å². The highest BCUT2D eigenvalue weighted by atomic mass is 35.5. The number of halogens is 2. The Morgan fingerprint density at radius 3 is 2.11 bits per heavy atom. The third-order valence-corrected chi connectivity index (χ3v) is 6.28. The largest absolute Gasteiger partial charge is 0.478 e. The summed E-state index contributed by atoms with van der Waals surface area (Å²) >= 11 is 12.4. The molecule has 4 rings (SSSR count). The van der Waals surface area contributed by atoms with Gasteiger partial charge in [0.25, 0.3) is 0 Å². The number of carbonyl (C=O) groups is 1. The van der Waals surface area contributed by atoms with Crippen molar-refractivity contribution in [3.05, 3.63) is 123 Å². The van der Waals surface area contributed by atoms with Crippen LogP contribution in [0.1, 0.15) is 45.0 Å². The highest BCUT2D eigenvalue weighted by Gasteiger charge is 2.19. The van der Waals surface area contributed by atoms with E-state index in [0.717, 1.165) is 46.2 Å². The SMILES string of the molecule is O=C(O)c1ccc(-c2ccc(CC[C@H](c3cc(Cl)nc(Cl)c3)c3ccccc3/C=N\O)cc2)cc1. The number of benzene rings is 3. The smallest absolute Gasteiger partial charge is 0.335 e. The second-order valence-corrected chi connectivity index (χ2v) is 8.86. The summed E-state index contributed by atoms with van der Waals surface area (Å²) in [5.41, 5.74) is 6.13. The Labute approximate surface area is 213 Å². The second kappa shape index (κ2) is 11.2. The van der Waals surface area contributed by atoms with Crippen LogP contribution >= 0.6 is 23.2 Å². The number of carboxylic acids is 1. The highest BCUT2D eigenvalue weighted by Crippen LogP contribution is 2.34. The molecule has 35 heavy (non-hydrogen) atoms. The van der Waals surface area contributed by atoms with Gasteiger partial charge in [0.1, 0.15) is 10.3 Å². The molecular weight excluding hydrogens is 483 g/mol. The molecule has 0 radical (unpaired) electrons. The molecule has 5 nitrogen and oxygen atoms in total. The molecule has 3 aromatic carbocycles. The maximum Gasteiger partial charge on any atom is 0.335 e. The van der Waals surface area contributed by atoms with E-state index in [4.69, 9.17) is 33.5 Å². The fraction of sp³-hybridized carbons (Fsp3) is 0.107. The molecule has 4 aromatic rings. The maximum absolute atomic E-state index is 11.1. The Bertz CT molecular complexity index is 1330. The van der Waals surface area contributed by atoms with Gasteiger partial charge in [-0.05, 0) is 70.5 Å². The van der Waals surface area contributed by atoms with E-state index in [2.05, 4.69) is 22.3 Å². The number of aromatic nitrogens is 1. The Morgan fingerprint density at radius 2 is 1.51 bits per heavy atom. The number of aromatic carboxylic acids is 1. The van der Waals surface area contributed by atoms with Crippen LogP contribution in [0, 0.1) is 0 Å². The van der Waals surface area contributed by atoms with Gasteiger partial charge >= 0.3 is 5.97 Å². The predicted molar refractivity (Wildman–Crippen MR) is 139 cm³/mol. The zero-order valence-electron chi connectivity index (χ0n) is 18.6. The lowest BCUT2D eigenvalue weighted by Crippen LogP contribution is -2.07. The third kappa shape index (κ3) is 6.07. The van der Waals surface area contributed by atoms with Crippen molar-refractivity contribution >= 4 is 35.4 Å². The number of carboxylic acid groups (broad SMARTS) is 1. The van der Waals surface area contributed by atoms with Crippen LogP contribution in [0.3, 0.4) is 0 Å². The summed E-state index contributed by atoms with van der Waals surface area (Å²) < 4.78 is 0. The topological polar surface area (TPSA) is 82.8 Å². The van der Waals surface area contributed by atoms with Crippen molar-refractivity contribution in [2.45, 2.75) is 18.8 Å². The van der Waals surface area contributed by atoms with Crippen molar-refractivity contribution in [2.24, 2.45) is 5.16 Å². The lowest BCUT2D eigenvalue weighted by molar-refractivity contribution is 0.0697. The van der Waals surface area contributed by atoms with Crippen LogP contribution in [0.2, 0.25) is 10.3 Å². The summed E-state index contributed by atoms with van der Waals surface area (Å²) in [4.78, 5) is 15.2. The van der Waals surface area contributed by atoms with Gasteiger partial charge in [-0.1, -0.05) is 89.0 Å². The molecule has 0 saturated carbocycles. The van der Waals surface area contributed by atoms with E-state index < -0.39 is 5.97 Å². The highest BCUT2D eigenvalue weighted by molar-refractivity contribution is 6.32. The van der Waals surface area contributed by atoms with Crippen molar-refractivity contribution in [2.75, 3.05) is 0 Å². The number of oxime groups is 1. The van der Waals surface area contributed by atoms with Crippen LogP contribution in [0.4, 0.5) is 0 Å². The van der Waals surface area contributed by atoms with Gasteiger partial charge in [0.15, 0.2) is 0 Å². The molecule has 7 heteroatoms. The predicted octanol–water partition coefficient (Wildman–Crippen LogP) is 7.33. The first kappa shape index (κ1) is 24.5. The van der Waals surface area contributed by atoms with Crippen molar-refractivity contribution in [3.63, 3.8) is 0 Å². The minimum Gasteiger partial charge on any atom is -0.478 e. The second-order valence-electron chi connectivity index (χ2n) is 8.09. The van der Waals surface area contributed by atoms with Crippen LogP contribution in [-0.4, -0.2) is 27.5 Å². The number of nitrogens with zero attached hydrogens (tertiary/aromatic N) is 2. The molecular formula is C28H22Cl2N2O3. The molecule has 0 aliphatic rings. The van der Waals surface area contributed by atoms with Gasteiger partial charge in [0, 0.05) is 5.92 Å². The van der Waals surface area contributed by atoms with Gasteiger partial charge < -0.3 is 10.3 Å². The number of hydrogen-bond donors (Lipinski definition) is 2. The number of aryl methyl sites for hydroxylation is 1. The van der Waals surface area contributed by atoms with E-state index in [1.807, 2.05) is 60.7 Å². The number of rotatable bonds is 8. The summed E-state index contributed by atoms with van der Waals surface area (Å²) in [5, 5.41) is 22.1. The fourth-order valence-electron chi connectivity index (χ4n) is 4.17. The van der Waals surface area contributed by atoms with E-state index in [0.29, 0.717) is 10.3 Å². The summed E-state index contributed by atoms with van der Waals surface area (Å²) in [6, 6.07) is 26.4. The molecule has 0 unspecified atom stereocenters. The van der Waals surface area contributed by atoms with E-state index in [9.17, 15) is 4.79 Å². The molecule has 0 amide bonds. The van der Waals surface area contributed by atoms with E-state index >= 15 is 0 Å². The van der Waals surface area contributed by atoms with Crippen molar-refractivity contribution in [1.82, 2.24) is 4.98 Å². The monoisotopic (exact) mass is 504 g/mol. The fourth-order valence-corrected chi connectivity index (χ4v) is 4.65. The van der Waals surface area contributed by atoms with Gasteiger partial charge in [-0.15, -0.1) is 0 Å². The van der Waals surface area contributed by atoms with Crippen molar-refractivity contribution in [1.29, 1.82) is 0 Å². The molecule has 0 aliphatic carbocycles. The lowest BCUT2D eigenvalue weighted by atomic mass is 9.84. The lowest BCUT2D eigenvalue weighted by Gasteiger charge is -2.20. The Hall–Kier alpha value is -3.67. The van der Waals surface area contributed by atoms with Gasteiger partial charge in [0.05, 0.1) is 11.8 Å². The molecule has 0 bridgehead atoms. The molecule has 0 saturated heterocycles. The van der Waals surface area contributed by atoms with E-state index in [1.54, 1.807) is 12.1 Å². The van der Waals surface area contributed by atoms with Gasteiger partial charge in [0.2, 0.25) is 0 Å². The Morgan fingerprint density at radius 1 is 0.914 bits per heavy atom. The average molecular weight is 505 g/mol. The van der Waals surface area contributed by atoms with Gasteiger partial charge in [-0.25, -0.2) is 9.78 Å². The standard InChI is InChI=1S/C28H22Cl2N2O3/c29-26-15-23(16-27(30)32-26)25(24-4-2-1-3-22(24)17-31-35)14-7-18-5-8-19(9-6-18)20-10-12-21(13-11-20)28(33)34/h1-6,8-13,15-17,25,35H,7,14H2,(H,33,34)/b31-17-/t25-/m1/s1. The summed E-state index contributed by atoms with van der Waals surface area (Å²) in [5.74, 6) is -0.990. The quantitative estimate of drug-likeness (QED) is 0.114. The number of pyridine rings is 1. The first-order valence-corrected chi connectivity index (χ1v) is 11.7. The Kier molecular flexibility index (Phi) is 7.80. The third-order valence-electron chi connectivity index (χ3n) is 5.90. The molecule has 1 atom stereocenters. The van der Waals surface area contributed by atoms with Crippen LogP contribution in [0.15, 0.2) is 90.1 Å². The zero-order chi connectivity index (χ0) is 24.8. The average Bonchev–Trinajstić information content (AvgIpc) is 2.85. The molecule has 1 aromatic heterocycles. The molecule has 176 valence electrons. The summed E-state index contributed by atoms with van der Waals surface area (Å²) in [6.07, 6.45) is 2.97. The normalized spacial score (nSPS) is 12.1. The molecule has 2 N–H and O–H groups in total. The first-order chi connectivity index (χ1) is 16.9. The van der Waals surface area contributed by atoms with Crippen LogP contribution in [0.25, 0.3) is 11.1 Å². The Balaban J connectivity index is 1.59.